The summed E-state index contributed by atoms with van der Waals surface area (Å²) < 4.78 is 0. The predicted octanol–water partition coefficient (Wildman–Crippen LogP) is 3.41. The summed E-state index contributed by atoms with van der Waals surface area (Å²) in [5, 5.41) is 5.01. The molecular weight excluding hydrogens is 302 g/mol. The van der Waals surface area contributed by atoms with Crippen LogP contribution in [0.4, 0.5) is 0 Å². The zero-order valence-corrected chi connectivity index (χ0v) is 14.2. The van der Waals surface area contributed by atoms with Crippen LogP contribution in [0.2, 0.25) is 0 Å². The number of hydrogen-bond donors (Lipinski definition) is 1. The molecule has 1 aliphatic rings. The number of aromatic nitrogens is 1. The van der Waals surface area contributed by atoms with Crippen LogP contribution in [0.3, 0.4) is 0 Å². The molecule has 1 amide bonds. The van der Waals surface area contributed by atoms with Crippen LogP contribution in [0.15, 0.2) is 35.4 Å². The van der Waals surface area contributed by atoms with Crippen molar-refractivity contribution in [2.75, 3.05) is 0 Å². The van der Waals surface area contributed by atoms with E-state index in [2.05, 4.69) is 15.5 Å². The molecule has 24 heavy (non-hydrogen) atoms. The predicted molar refractivity (Wildman–Crippen MR) is 94.0 cm³/mol. The topological polar surface area (TPSA) is 71.4 Å². The highest BCUT2D eigenvalue weighted by Gasteiger charge is 2.30. The molecule has 5 nitrogen and oxygen atoms in total. The number of Topliss-reactive ketones (excluding diaryl/α,β-unsaturated/α-hetero) is 1. The number of pyridine rings is 1. The van der Waals surface area contributed by atoms with E-state index in [-0.39, 0.29) is 17.1 Å². The number of benzene rings is 1. The van der Waals surface area contributed by atoms with E-state index in [0.717, 1.165) is 28.7 Å². The molecule has 1 fully saturated rings. The minimum Gasteiger partial charge on any atom is -0.299 e. The lowest BCUT2D eigenvalue weighted by Gasteiger charge is -2.29. The molecule has 1 saturated carbocycles. The van der Waals surface area contributed by atoms with E-state index in [0.29, 0.717) is 18.4 Å². The highest BCUT2D eigenvalue weighted by atomic mass is 16.2. The summed E-state index contributed by atoms with van der Waals surface area (Å²) in [5.74, 6) is -0.107. The Balaban J connectivity index is 1.86. The zero-order chi connectivity index (χ0) is 17.3. The number of hydrogen-bond acceptors (Lipinski definition) is 4. The normalized spacial score (nSPS) is 18.8. The molecular formula is C19H21N3O2. The van der Waals surface area contributed by atoms with E-state index in [9.17, 15) is 9.59 Å². The molecule has 0 spiro atoms. The number of para-hydroxylation sites is 1. The Labute approximate surface area is 141 Å². The second kappa shape index (κ2) is 6.15. The number of carbonyl (C=O) groups excluding carboxylic acids is 2. The van der Waals surface area contributed by atoms with Crippen molar-refractivity contribution < 1.29 is 9.59 Å². The summed E-state index contributed by atoms with van der Waals surface area (Å²) >= 11 is 0. The Morgan fingerprint density at radius 2 is 2.00 bits per heavy atom. The molecule has 5 heteroatoms. The summed E-state index contributed by atoms with van der Waals surface area (Å²) in [6.07, 6.45) is 1.60. The maximum absolute atomic E-state index is 12.6. The summed E-state index contributed by atoms with van der Waals surface area (Å²) in [7, 11) is 0. The minimum absolute atomic E-state index is 0.0984. The second-order valence-electron chi connectivity index (χ2n) is 7.18. The standard InChI is InChI=1S/C19H21N3O2/c1-12-8-16(15-6-4-5-7-17(15)20-12)18(24)22-21-13-9-14(23)11-19(2,3)10-13/h4-8H,9-11H2,1-3H3,(H,22,24)/b21-13-. The fraction of sp³-hybridized carbons (Fsp3) is 0.368. The molecule has 124 valence electrons. The van der Waals surface area contributed by atoms with Crippen molar-refractivity contribution in [1.29, 1.82) is 0 Å². The zero-order valence-electron chi connectivity index (χ0n) is 14.2. The van der Waals surface area contributed by atoms with E-state index in [1.807, 2.05) is 45.0 Å². The van der Waals surface area contributed by atoms with Gasteiger partial charge in [0.15, 0.2) is 0 Å². The van der Waals surface area contributed by atoms with Crippen molar-refractivity contribution in [1.82, 2.24) is 10.4 Å². The van der Waals surface area contributed by atoms with Crippen LogP contribution in [-0.4, -0.2) is 22.4 Å². The van der Waals surface area contributed by atoms with Crippen molar-refractivity contribution in [2.24, 2.45) is 10.5 Å². The number of fused-ring (bicyclic) bond motifs is 1. The third kappa shape index (κ3) is 3.50. The van der Waals surface area contributed by atoms with Crippen LogP contribution in [0, 0.1) is 12.3 Å². The van der Waals surface area contributed by atoms with Crippen LogP contribution in [0.1, 0.15) is 49.2 Å². The summed E-state index contributed by atoms with van der Waals surface area (Å²) in [5.41, 5.74) is 5.36. The van der Waals surface area contributed by atoms with Crippen molar-refractivity contribution >= 4 is 28.3 Å². The molecule has 1 N–H and O–H groups in total. The van der Waals surface area contributed by atoms with E-state index in [4.69, 9.17) is 0 Å². The number of carbonyl (C=O) groups is 2. The van der Waals surface area contributed by atoms with Crippen LogP contribution in [-0.2, 0) is 4.79 Å². The lowest BCUT2D eigenvalue weighted by molar-refractivity contribution is -0.120. The number of rotatable bonds is 2. The molecule has 3 rings (SSSR count). The molecule has 1 aromatic carbocycles. The molecule has 0 aliphatic heterocycles. The van der Waals surface area contributed by atoms with Gasteiger partial charge >= 0.3 is 0 Å². The van der Waals surface area contributed by atoms with E-state index >= 15 is 0 Å². The number of nitrogens with one attached hydrogen (secondary N) is 1. The average Bonchev–Trinajstić information content (AvgIpc) is 2.49. The number of nitrogens with zero attached hydrogens (tertiary/aromatic N) is 2. The van der Waals surface area contributed by atoms with E-state index in [1.165, 1.54) is 0 Å². The number of amides is 1. The smallest absolute Gasteiger partial charge is 0.272 e. The highest BCUT2D eigenvalue weighted by Crippen LogP contribution is 2.31. The lowest BCUT2D eigenvalue weighted by atomic mass is 9.76. The first kappa shape index (κ1) is 16.3. The molecule has 0 saturated heterocycles. The number of ketones is 1. The van der Waals surface area contributed by atoms with Gasteiger partial charge in [-0.05, 0) is 30.9 Å². The SMILES string of the molecule is Cc1cc(C(=O)N/N=C2/CC(=O)CC(C)(C)C2)c2ccccc2n1. The summed E-state index contributed by atoms with van der Waals surface area (Å²) in [6.45, 7) is 5.94. The minimum atomic E-state index is -0.278. The molecule has 0 bridgehead atoms. The van der Waals surface area contributed by atoms with Gasteiger partial charge in [-0.25, -0.2) is 5.43 Å². The van der Waals surface area contributed by atoms with Gasteiger partial charge in [0.05, 0.1) is 11.1 Å². The van der Waals surface area contributed by atoms with Crippen LogP contribution in [0.5, 0.6) is 0 Å². The molecule has 2 aromatic rings. The van der Waals surface area contributed by atoms with E-state index in [1.54, 1.807) is 6.07 Å². The highest BCUT2D eigenvalue weighted by molar-refractivity contribution is 6.08. The van der Waals surface area contributed by atoms with E-state index < -0.39 is 0 Å². The maximum Gasteiger partial charge on any atom is 0.272 e. The Morgan fingerprint density at radius 3 is 2.75 bits per heavy atom. The van der Waals surface area contributed by atoms with Crippen molar-refractivity contribution in [3.63, 3.8) is 0 Å². The second-order valence-corrected chi connectivity index (χ2v) is 7.18. The van der Waals surface area contributed by atoms with Gasteiger partial charge in [-0.2, -0.15) is 5.10 Å². The quantitative estimate of drug-likeness (QED) is 0.861. The van der Waals surface area contributed by atoms with Gasteiger partial charge in [0, 0.05) is 29.6 Å². The van der Waals surface area contributed by atoms with Crippen LogP contribution < -0.4 is 5.43 Å². The summed E-state index contributed by atoms with van der Waals surface area (Å²) in [4.78, 5) is 28.8. The fourth-order valence-electron chi connectivity index (χ4n) is 3.27. The molecule has 0 unspecified atom stereocenters. The molecule has 1 aromatic heterocycles. The first-order valence-corrected chi connectivity index (χ1v) is 8.08. The van der Waals surface area contributed by atoms with Gasteiger partial charge in [0.1, 0.15) is 5.78 Å². The Hall–Kier alpha value is -2.56. The van der Waals surface area contributed by atoms with Gasteiger partial charge in [-0.3, -0.25) is 14.6 Å². The molecule has 0 radical (unpaired) electrons. The van der Waals surface area contributed by atoms with Crippen LogP contribution >= 0.6 is 0 Å². The molecule has 1 heterocycles. The van der Waals surface area contributed by atoms with Gasteiger partial charge in [-0.1, -0.05) is 32.0 Å². The monoisotopic (exact) mass is 323 g/mol. The molecule has 1 aliphatic carbocycles. The molecule has 0 atom stereocenters. The van der Waals surface area contributed by atoms with Crippen molar-refractivity contribution in [3.8, 4) is 0 Å². The maximum atomic E-state index is 12.6. The fourth-order valence-corrected chi connectivity index (χ4v) is 3.27. The third-order valence-corrected chi connectivity index (χ3v) is 4.16. The van der Waals surface area contributed by atoms with Gasteiger partial charge in [0.2, 0.25) is 0 Å². The lowest BCUT2D eigenvalue weighted by Crippen LogP contribution is -2.31. The third-order valence-electron chi connectivity index (χ3n) is 4.16. The van der Waals surface area contributed by atoms with Gasteiger partial charge in [-0.15, -0.1) is 0 Å². The van der Waals surface area contributed by atoms with Crippen molar-refractivity contribution in [2.45, 2.75) is 40.0 Å². The van der Waals surface area contributed by atoms with Crippen molar-refractivity contribution in [3.05, 3.63) is 41.6 Å². The average molecular weight is 323 g/mol. The number of aryl methyl sites for hydroxylation is 1. The number of hydrazone groups is 1. The van der Waals surface area contributed by atoms with Crippen LogP contribution in [0.25, 0.3) is 10.9 Å². The van der Waals surface area contributed by atoms with Gasteiger partial charge in [0.25, 0.3) is 5.91 Å². The largest absolute Gasteiger partial charge is 0.299 e. The first-order chi connectivity index (χ1) is 11.3. The Morgan fingerprint density at radius 1 is 1.25 bits per heavy atom. The Bertz CT molecular complexity index is 853. The van der Waals surface area contributed by atoms with Gasteiger partial charge < -0.3 is 0 Å². The first-order valence-electron chi connectivity index (χ1n) is 8.08. The summed E-state index contributed by atoms with van der Waals surface area (Å²) in [6, 6.07) is 9.29. The Kier molecular flexibility index (Phi) is 4.18.